The van der Waals surface area contributed by atoms with Crippen molar-refractivity contribution in [2.45, 2.75) is 0 Å². The van der Waals surface area contributed by atoms with E-state index < -0.39 is 11.6 Å². The first-order valence-electron chi connectivity index (χ1n) is 9.20. The monoisotopic (exact) mass is 402 g/mol. The molecule has 4 rings (SSSR count). The van der Waals surface area contributed by atoms with Crippen LogP contribution in [-0.2, 0) is 0 Å². The molecule has 3 nitrogen and oxygen atoms in total. The van der Waals surface area contributed by atoms with Crippen LogP contribution in [-0.4, -0.2) is 18.7 Å². The summed E-state index contributed by atoms with van der Waals surface area (Å²) in [6, 6.07) is 19.0. The third-order valence-electron chi connectivity index (χ3n) is 4.93. The second kappa shape index (κ2) is 7.87. The van der Waals surface area contributed by atoms with E-state index in [9.17, 15) is 18.4 Å². The summed E-state index contributed by atoms with van der Waals surface area (Å²) in [6.07, 6.45) is 0. The van der Waals surface area contributed by atoms with E-state index in [2.05, 4.69) is 0 Å². The molecule has 0 bridgehead atoms. The molecule has 5 heteroatoms. The number of hydrogen-bond acceptors (Lipinski definition) is 3. The summed E-state index contributed by atoms with van der Waals surface area (Å²) in [5.74, 6) is -1.15. The summed E-state index contributed by atoms with van der Waals surface area (Å²) >= 11 is 0. The van der Waals surface area contributed by atoms with Crippen molar-refractivity contribution in [3.05, 3.63) is 113 Å². The van der Waals surface area contributed by atoms with Gasteiger partial charge in [-0.25, -0.2) is 8.78 Å². The van der Waals surface area contributed by atoms with E-state index in [-0.39, 0.29) is 17.1 Å². The van der Waals surface area contributed by atoms with Crippen molar-refractivity contribution < 1.29 is 23.1 Å². The van der Waals surface area contributed by atoms with Gasteiger partial charge in [-0.2, -0.15) is 0 Å². The molecule has 4 aromatic rings. The Hall–Kier alpha value is -3.86. The predicted molar refractivity (Wildman–Crippen MR) is 110 cm³/mol. The summed E-state index contributed by atoms with van der Waals surface area (Å²) in [7, 11) is 1.45. The third-order valence-corrected chi connectivity index (χ3v) is 4.93. The van der Waals surface area contributed by atoms with Gasteiger partial charge in [-0.3, -0.25) is 9.59 Å². The SMILES string of the molecule is COc1ccc2c(C(=O)c3ccc(F)cc3)cccc2c1C(=O)c1ccc(F)cc1. The van der Waals surface area contributed by atoms with Gasteiger partial charge >= 0.3 is 0 Å². The fourth-order valence-corrected chi connectivity index (χ4v) is 3.44. The van der Waals surface area contributed by atoms with Gasteiger partial charge in [0.25, 0.3) is 0 Å². The highest BCUT2D eigenvalue weighted by Crippen LogP contribution is 2.33. The Morgan fingerprint density at radius 3 is 1.80 bits per heavy atom. The molecule has 148 valence electrons. The zero-order chi connectivity index (χ0) is 21.3. The first-order chi connectivity index (χ1) is 14.5. The van der Waals surface area contributed by atoms with Crippen LogP contribution >= 0.6 is 0 Å². The topological polar surface area (TPSA) is 43.4 Å². The van der Waals surface area contributed by atoms with Crippen molar-refractivity contribution in [1.82, 2.24) is 0 Å². The average molecular weight is 402 g/mol. The molecular formula is C25H16F2O3. The van der Waals surface area contributed by atoms with Gasteiger partial charge in [0, 0.05) is 16.7 Å². The van der Waals surface area contributed by atoms with Crippen LogP contribution in [0.15, 0.2) is 78.9 Å². The molecule has 0 saturated heterocycles. The minimum atomic E-state index is -0.441. The molecule has 0 atom stereocenters. The highest BCUT2D eigenvalue weighted by Gasteiger charge is 2.21. The summed E-state index contributed by atoms with van der Waals surface area (Å²) in [4.78, 5) is 26.2. The number of ether oxygens (including phenoxy) is 1. The van der Waals surface area contributed by atoms with Crippen LogP contribution in [0.3, 0.4) is 0 Å². The number of rotatable bonds is 5. The average Bonchev–Trinajstić information content (AvgIpc) is 2.78. The molecule has 0 fully saturated rings. The van der Waals surface area contributed by atoms with Crippen molar-refractivity contribution in [1.29, 1.82) is 0 Å². The van der Waals surface area contributed by atoms with Crippen molar-refractivity contribution in [2.24, 2.45) is 0 Å². The summed E-state index contributed by atoms with van der Waals surface area (Å²) in [5, 5.41) is 1.11. The van der Waals surface area contributed by atoms with Gasteiger partial charge in [0.1, 0.15) is 17.4 Å². The maximum Gasteiger partial charge on any atom is 0.197 e. The summed E-state index contributed by atoms with van der Waals surface area (Å²) in [6.45, 7) is 0. The summed E-state index contributed by atoms with van der Waals surface area (Å²) in [5.41, 5.74) is 1.31. The van der Waals surface area contributed by atoms with Crippen molar-refractivity contribution in [3.63, 3.8) is 0 Å². The number of benzene rings is 4. The van der Waals surface area contributed by atoms with Crippen LogP contribution in [0, 0.1) is 11.6 Å². The van der Waals surface area contributed by atoms with E-state index in [1.807, 2.05) is 0 Å². The lowest BCUT2D eigenvalue weighted by molar-refractivity contribution is 0.102. The maximum absolute atomic E-state index is 13.3. The van der Waals surface area contributed by atoms with E-state index >= 15 is 0 Å². The normalized spacial score (nSPS) is 10.8. The molecule has 0 saturated carbocycles. The Kier molecular flexibility index (Phi) is 5.11. The molecule has 0 aromatic heterocycles. The number of carbonyl (C=O) groups excluding carboxylic acids is 2. The second-order valence-corrected chi connectivity index (χ2v) is 6.72. The number of methoxy groups -OCH3 is 1. The van der Waals surface area contributed by atoms with Crippen LogP contribution < -0.4 is 4.74 Å². The molecular weight excluding hydrogens is 386 g/mol. The van der Waals surface area contributed by atoms with E-state index in [0.717, 1.165) is 0 Å². The van der Waals surface area contributed by atoms with Crippen molar-refractivity contribution in [3.8, 4) is 5.75 Å². The fraction of sp³-hybridized carbons (Fsp3) is 0.0400. The highest BCUT2D eigenvalue weighted by atomic mass is 19.1. The first-order valence-corrected chi connectivity index (χ1v) is 9.20. The standard InChI is InChI=1S/C25H16F2O3/c1-30-22-14-13-19-20(23(22)25(29)16-7-11-18(27)12-8-16)3-2-4-21(19)24(28)15-5-9-17(26)10-6-15/h2-14H,1H3. The Morgan fingerprint density at radius 1 is 0.667 bits per heavy atom. The number of halogens is 2. The number of hydrogen-bond donors (Lipinski definition) is 0. The van der Waals surface area contributed by atoms with E-state index in [0.29, 0.717) is 33.2 Å². The van der Waals surface area contributed by atoms with Gasteiger partial charge in [0.2, 0.25) is 0 Å². The lowest BCUT2D eigenvalue weighted by Gasteiger charge is -2.14. The molecule has 4 aromatic carbocycles. The van der Waals surface area contributed by atoms with Gasteiger partial charge in [-0.15, -0.1) is 0 Å². The smallest absolute Gasteiger partial charge is 0.197 e. The second-order valence-electron chi connectivity index (χ2n) is 6.72. The largest absolute Gasteiger partial charge is 0.496 e. The van der Waals surface area contributed by atoms with Gasteiger partial charge in [0.05, 0.1) is 12.7 Å². The van der Waals surface area contributed by atoms with Gasteiger partial charge in [-0.1, -0.05) is 18.2 Å². The van der Waals surface area contributed by atoms with Crippen LogP contribution in [0.5, 0.6) is 5.75 Å². The molecule has 0 N–H and O–H groups in total. The van der Waals surface area contributed by atoms with Crippen LogP contribution in [0.2, 0.25) is 0 Å². The zero-order valence-corrected chi connectivity index (χ0v) is 16.0. The van der Waals surface area contributed by atoms with Gasteiger partial charge in [0.15, 0.2) is 11.6 Å². The molecule has 0 heterocycles. The Labute approximate surface area is 171 Å². The van der Waals surface area contributed by atoms with Crippen molar-refractivity contribution in [2.75, 3.05) is 7.11 Å². The minimum absolute atomic E-state index is 0.286. The number of ketones is 2. The molecule has 0 aliphatic carbocycles. The quantitative estimate of drug-likeness (QED) is 0.409. The van der Waals surface area contributed by atoms with Crippen molar-refractivity contribution >= 4 is 22.3 Å². The molecule has 0 aliphatic heterocycles. The fourth-order valence-electron chi connectivity index (χ4n) is 3.44. The molecule has 0 radical (unpaired) electrons. The van der Waals surface area contributed by atoms with E-state index in [4.69, 9.17) is 4.74 Å². The highest BCUT2D eigenvalue weighted by molar-refractivity contribution is 6.22. The lowest BCUT2D eigenvalue weighted by Crippen LogP contribution is -2.07. The van der Waals surface area contributed by atoms with Crippen LogP contribution in [0.4, 0.5) is 8.78 Å². The van der Waals surface area contributed by atoms with Crippen LogP contribution in [0.1, 0.15) is 31.8 Å². The predicted octanol–water partition coefficient (Wildman–Crippen LogP) is 5.59. The third kappa shape index (κ3) is 3.46. The van der Waals surface area contributed by atoms with Gasteiger partial charge in [-0.05, 0) is 71.4 Å². The number of carbonyl (C=O) groups is 2. The molecule has 0 aliphatic rings. The molecule has 0 amide bonds. The lowest BCUT2D eigenvalue weighted by atomic mass is 9.91. The number of fused-ring (bicyclic) bond motifs is 1. The maximum atomic E-state index is 13.3. The Balaban J connectivity index is 1.90. The molecule has 0 spiro atoms. The van der Waals surface area contributed by atoms with Gasteiger partial charge < -0.3 is 4.74 Å². The zero-order valence-electron chi connectivity index (χ0n) is 16.0. The molecule has 0 unspecified atom stereocenters. The summed E-state index contributed by atoms with van der Waals surface area (Å²) < 4.78 is 31.9. The first kappa shape index (κ1) is 19.5. The minimum Gasteiger partial charge on any atom is -0.496 e. The Morgan fingerprint density at radius 2 is 1.23 bits per heavy atom. The molecule has 30 heavy (non-hydrogen) atoms. The van der Waals surface area contributed by atoms with E-state index in [1.165, 1.54) is 55.6 Å². The van der Waals surface area contributed by atoms with E-state index in [1.54, 1.807) is 30.3 Å². The van der Waals surface area contributed by atoms with Crippen LogP contribution in [0.25, 0.3) is 10.8 Å². The Bertz CT molecular complexity index is 1260.